The molecule has 4 rings (SSSR count). The van der Waals surface area contributed by atoms with Crippen LogP contribution in [0.4, 0.5) is 0 Å². The summed E-state index contributed by atoms with van der Waals surface area (Å²) < 4.78 is 2.12. The zero-order chi connectivity index (χ0) is 19.8. The highest BCUT2D eigenvalue weighted by Gasteiger charge is 2.17. The normalized spacial score (nSPS) is 11.1. The van der Waals surface area contributed by atoms with E-state index in [0.29, 0.717) is 10.0 Å². The Morgan fingerprint density at radius 3 is 2.46 bits per heavy atom. The molecule has 140 valence electrons. The van der Waals surface area contributed by atoms with E-state index in [1.54, 1.807) is 30.0 Å². The molecule has 0 aliphatic rings. The van der Waals surface area contributed by atoms with Crippen molar-refractivity contribution in [1.29, 1.82) is 0 Å². The molecule has 4 aromatic rings. The van der Waals surface area contributed by atoms with Gasteiger partial charge >= 0.3 is 5.97 Å². The van der Waals surface area contributed by atoms with E-state index in [2.05, 4.69) is 4.57 Å². The molecule has 3 nitrogen and oxygen atoms in total. The number of nitrogens with zero attached hydrogens (tertiary/aromatic N) is 1. The summed E-state index contributed by atoms with van der Waals surface area (Å²) in [6, 6.07) is 20.4. The second kappa shape index (κ2) is 7.55. The molecular formula is C22H15Cl2NO2S. The highest BCUT2D eigenvalue weighted by molar-refractivity contribution is 7.99. The molecule has 0 aliphatic carbocycles. The van der Waals surface area contributed by atoms with Gasteiger partial charge in [0, 0.05) is 36.6 Å². The smallest absolute Gasteiger partial charge is 0.335 e. The number of aromatic nitrogens is 1. The second-order valence-electron chi connectivity index (χ2n) is 6.33. The third kappa shape index (κ3) is 3.51. The zero-order valence-corrected chi connectivity index (χ0v) is 17.1. The molecule has 1 N–H and O–H groups in total. The van der Waals surface area contributed by atoms with Crippen LogP contribution in [0.3, 0.4) is 0 Å². The number of carboxylic acid groups (broad SMARTS) is 1. The van der Waals surface area contributed by atoms with E-state index in [1.165, 1.54) is 0 Å². The molecule has 0 bridgehead atoms. The lowest BCUT2D eigenvalue weighted by molar-refractivity contribution is 0.0696. The lowest BCUT2D eigenvalue weighted by Gasteiger charge is -2.09. The summed E-state index contributed by atoms with van der Waals surface area (Å²) in [5.41, 5.74) is 3.22. The van der Waals surface area contributed by atoms with Gasteiger partial charge in [0.2, 0.25) is 0 Å². The van der Waals surface area contributed by atoms with E-state index in [-0.39, 0.29) is 5.56 Å². The molecule has 0 radical (unpaired) electrons. The van der Waals surface area contributed by atoms with Crippen LogP contribution in [0.1, 0.15) is 16.1 Å². The van der Waals surface area contributed by atoms with Gasteiger partial charge < -0.3 is 9.67 Å². The fourth-order valence-electron chi connectivity index (χ4n) is 3.25. The molecule has 0 saturated heterocycles. The molecule has 0 amide bonds. The molecule has 0 fully saturated rings. The minimum absolute atomic E-state index is 0.268. The number of hydrogen-bond donors (Lipinski definition) is 1. The molecule has 0 atom stereocenters. The van der Waals surface area contributed by atoms with E-state index in [4.69, 9.17) is 23.2 Å². The van der Waals surface area contributed by atoms with Crippen LogP contribution >= 0.6 is 35.0 Å². The fourth-order valence-corrected chi connectivity index (χ4v) is 4.69. The Hall–Kier alpha value is -2.40. The molecule has 0 spiro atoms. The first kappa shape index (κ1) is 18.9. The Bertz CT molecular complexity index is 1220. The number of rotatable bonds is 4. The van der Waals surface area contributed by atoms with Crippen LogP contribution in [0, 0.1) is 6.92 Å². The number of carbonyl (C=O) groups is 1. The monoisotopic (exact) mass is 427 g/mol. The van der Waals surface area contributed by atoms with Crippen molar-refractivity contribution in [3.8, 4) is 5.69 Å². The molecule has 1 heterocycles. The van der Waals surface area contributed by atoms with Crippen molar-refractivity contribution in [2.24, 2.45) is 0 Å². The van der Waals surface area contributed by atoms with Gasteiger partial charge in [-0.3, -0.25) is 0 Å². The third-order valence-corrected chi connectivity index (χ3v) is 6.16. The number of carboxylic acids is 1. The molecular weight excluding hydrogens is 413 g/mol. The minimum atomic E-state index is -0.938. The van der Waals surface area contributed by atoms with Crippen molar-refractivity contribution in [3.05, 3.63) is 88.0 Å². The van der Waals surface area contributed by atoms with Gasteiger partial charge in [0.05, 0.1) is 11.1 Å². The highest BCUT2D eigenvalue weighted by Crippen LogP contribution is 2.40. The van der Waals surface area contributed by atoms with Gasteiger partial charge in [0.15, 0.2) is 0 Å². The zero-order valence-electron chi connectivity index (χ0n) is 14.8. The summed E-state index contributed by atoms with van der Waals surface area (Å²) in [6.07, 6.45) is 0. The SMILES string of the molecule is Cc1c(Sc2cccc(C(=O)O)c2)c2ccc(Cl)cc2n1-c1cccc(Cl)c1. The first-order valence-electron chi connectivity index (χ1n) is 8.52. The Kier molecular flexibility index (Phi) is 5.11. The van der Waals surface area contributed by atoms with Crippen LogP contribution in [0.2, 0.25) is 10.0 Å². The maximum atomic E-state index is 11.3. The van der Waals surface area contributed by atoms with Crippen molar-refractivity contribution in [2.45, 2.75) is 16.7 Å². The summed E-state index contributed by atoms with van der Waals surface area (Å²) in [5.74, 6) is -0.938. The summed E-state index contributed by atoms with van der Waals surface area (Å²) in [7, 11) is 0. The van der Waals surface area contributed by atoms with Gasteiger partial charge in [-0.05, 0) is 55.5 Å². The Labute approximate surface area is 176 Å². The van der Waals surface area contributed by atoms with Crippen molar-refractivity contribution in [1.82, 2.24) is 4.57 Å². The fraction of sp³-hybridized carbons (Fsp3) is 0.0455. The number of hydrogen-bond acceptors (Lipinski definition) is 2. The summed E-state index contributed by atoms with van der Waals surface area (Å²) in [6.45, 7) is 2.04. The molecule has 3 aromatic carbocycles. The van der Waals surface area contributed by atoms with E-state index >= 15 is 0 Å². The predicted octanol–water partition coefficient (Wildman–Crippen LogP) is 7.10. The Balaban J connectivity index is 1.91. The number of benzene rings is 3. The number of fused-ring (bicyclic) bond motifs is 1. The molecule has 0 unspecified atom stereocenters. The van der Waals surface area contributed by atoms with Crippen molar-refractivity contribution in [3.63, 3.8) is 0 Å². The van der Waals surface area contributed by atoms with Gasteiger partial charge in [-0.15, -0.1) is 0 Å². The second-order valence-corrected chi connectivity index (χ2v) is 8.28. The van der Waals surface area contributed by atoms with Gasteiger partial charge in [0.25, 0.3) is 0 Å². The third-order valence-electron chi connectivity index (χ3n) is 4.48. The van der Waals surface area contributed by atoms with Gasteiger partial charge in [-0.1, -0.05) is 53.2 Å². The maximum absolute atomic E-state index is 11.3. The largest absolute Gasteiger partial charge is 0.478 e. The van der Waals surface area contributed by atoms with E-state index in [0.717, 1.165) is 32.1 Å². The van der Waals surface area contributed by atoms with Gasteiger partial charge in [-0.25, -0.2) is 4.79 Å². The lowest BCUT2D eigenvalue weighted by atomic mass is 10.2. The minimum Gasteiger partial charge on any atom is -0.478 e. The van der Waals surface area contributed by atoms with E-state index < -0.39 is 5.97 Å². The van der Waals surface area contributed by atoms with Crippen LogP contribution in [-0.2, 0) is 0 Å². The Morgan fingerprint density at radius 1 is 0.964 bits per heavy atom. The standard InChI is InChI=1S/C22H15Cl2NO2S/c1-13-21(28-18-7-2-4-14(10-18)22(26)27)19-9-8-16(24)12-20(19)25(13)17-6-3-5-15(23)11-17/h2-12H,1H3,(H,26,27). The summed E-state index contributed by atoms with van der Waals surface area (Å²) in [5, 5.41) is 11.6. The van der Waals surface area contributed by atoms with Crippen molar-refractivity contribution >= 4 is 51.8 Å². The molecule has 28 heavy (non-hydrogen) atoms. The predicted molar refractivity (Wildman–Crippen MR) is 116 cm³/mol. The lowest BCUT2D eigenvalue weighted by Crippen LogP contribution is -1.96. The average molecular weight is 428 g/mol. The summed E-state index contributed by atoms with van der Waals surface area (Å²) >= 11 is 14.0. The van der Waals surface area contributed by atoms with E-state index in [1.807, 2.05) is 55.5 Å². The van der Waals surface area contributed by atoms with E-state index in [9.17, 15) is 9.90 Å². The van der Waals surface area contributed by atoms with Crippen LogP contribution in [0.5, 0.6) is 0 Å². The quantitative estimate of drug-likeness (QED) is 0.377. The molecule has 0 saturated carbocycles. The Morgan fingerprint density at radius 2 is 1.71 bits per heavy atom. The maximum Gasteiger partial charge on any atom is 0.335 e. The first-order valence-corrected chi connectivity index (χ1v) is 10.1. The topological polar surface area (TPSA) is 42.2 Å². The van der Waals surface area contributed by atoms with Crippen LogP contribution in [0.25, 0.3) is 16.6 Å². The molecule has 6 heteroatoms. The van der Waals surface area contributed by atoms with Crippen molar-refractivity contribution < 1.29 is 9.90 Å². The molecule has 1 aromatic heterocycles. The van der Waals surface area contributed by atoms with Gasteiger partial charge in [-0.2, -0.15) is 0 Å². The van der Waals surface area contributed by atoms with Gasteiger partial charge in [0.1, 0.15) is 0 Å². The molecule has 0 aliphatic heterocycles. The average Bonchev–Trinajstić information content (AvgIpc) is 2.93. The van der Waals surface area contributed by atoms with Crippen LogP contribution in [-0.4, -0.2) is 15.6 Å². The number of aromatic carboxylic acids is 1. The highest BCUT2D eigenvalue weighted by atomic mass is 35.5. The summed E-state index contributed by atoms with van der Waals surface area (Å²) in [4.78, 5) is 13.2. The van der Waals surface area contributed by atoms with Crippen molar-refractivity contribution in [2.75, 3.05) is 0 Å². The van der Waals surface area contributed by atoms with Crippen LogP contribution in [0.15, 0.2) is 76.5 Å². The number of halogens is 2. The van der Waals surface area contributed by atoms with Crippen LogP contribution < -0.4 is 0 Å². The first-order chi connectivity index (χ1) is 13.4.